The van der Waals surface area contributed by atoms with Gasteiger partial charge in [0, 0.05) is 23.6 Å². The van der Waals surface area contributed by atoms with E-state index in [4.69, 9.17) is 0 Å². The van der Waals surface area contributed by atoms with Crippen molar-refractivity contribution in [2.24, 2.45) is 35.0 Å². The Morgan fingerprint density at radius 1 is 1.06 bits per heavy atom. The lowest BCUT2D eigenvalue weighted by molar-refractivity contribution is -0.119. The summed E-state index contributed by atoms with van der Waals surface area (Å²) < 4.78 is 0. The van der Waals surface area contributed by atoms with Gasteiger partial charge < -0.3 is 10.5 Å². The predicted octanol–water partition coefficient (Wildman–Crippen LogP) is 5.85. The zero-order valence-corrected chi connectivity index (χ0v) is 20.8. The highest BCUT2D eigenvalue weighted by molar-refractivity contribution is 5.72. The average molecular weight is 461 g/mol. The summed E-state index contributed by atoms with van der Waals surface area (Å²) in [5, 5.41) is 11.3. The number of aryl methyl sites for hydroxylation is 1. The Labute approximate surface area is 203 Å². The van der Waals surface area contributed by atoms with Gasteiger partial charge in [0.25, 0.3) is 0 Å². The molecule has 4 bridgehead atoms. The van der Waals surface area contributed by atoms with Crippen LogP contribution in [0.1, 0.15) is 101 Å². The van der Waals surface area contributed by atoms with E-state index in [1.807, 2.05) is 0 Å². The van der Waals surface area contributed by atoms with Gasteiger partial charge >= 0.3 is 0 Å². The molecule has 4 heteroatoms. The Hall–Kier alpha value is -1.97. The third-order valence-corrected chi connectivity index (χ3v) is 11.4. The van der Waals surface area contributed by atoms with Gasteiger partial charge in [0.15, 0.2) is 0 Å². The van der Waals surface area contributed by atoms with Crippen LogP contribution in [0, 0.1) is 35.0 Å². The lowest BCUT2D eigenvalue weighted by Crippen LogP contribution is -2.49. The highest BCUT2D eigenvalue weighted by Gasteiger charge is 2.54. The minimum Gasteiger partial charge on any atom is -0.508 e. The number of allylic oxidation sites excluding steroid dienone is 2. The molecule has 7 aliphatic rings. The molecule has 1 aromatic rings. The molecular weight excluding hydrogens is 420 g/mol. The van der Waals surface area contributed by atoms with Crippen LogP contribution in [0.25, 0.3) is 0 Å². The lowest BCUT2D eigenvalue weighted by Gasteiger charge is -2.57. The number of amides is 1. The Morgan fingerprint density at radius 2 is 1.76 bits per heavy atom. The van der Waals surface area contributed by atoms with E-state index in [9.17, 15) is 9.90 Å². The van der Waals surface area contributed by atoms with Crippen molar-refractivity contribution in [3.63, 3.8) is 0 Å². The smallest absolute Gasteiger partial charge is 0.235 e. The standard InChI is InChI=1S/C30H40N2O2/c1-17(33)31-32-28-6-5-25-23-4-3-21-12-27(34)26(13-24(21)22(23)7-8-29(25,28)2)30-14-18-9-19(15-30)11-20(10-18)16-30/h6,12-13,18-20,22-23,25,32,34H,3-5,7-11,14-16H2,1-2H3,(H,31,33)/t18?,19?,20?,22?,23?,25?,29-,30?/m0/s1. The van der Waals surface area contributed by atoms with Crippen LogP contribution in [0.15, 0.2) is 23.9 Å². The summed E-state index contributed by atoms with van der Waals surface area (Å²) in [7, 11) is 0. The van der Waals surface area contributed by atoms with Gasteiger partial charge in [-0.15, -0.1) is 0 Å². The minimum absolute atomic E-state index is 0.0368. The summed E-state index contributed by atoms with van der Waals surface area (Å²) in [5.74, 6) is 5.18. The molecule has 1 amide bonds. The van der Waals surface area contributed by atoms with Crippen molar-refractivity contribution < 1.29 is 9.90 Å². The Bertz CT molecular complexity index is 1040. The van der Waals surface area contributed by atoms with E-state index in [0.29, 0.717) is 23.5 Å². The van der Waals surface area contributed by atoms with Crippen molar-refractivity contribution in [3.05, 3.63) is 40.6 Å². The molecular formula is C30H40N2O2. The number of rotatable bonds is 3. The molecule has 0 heterocycles. The quantitative estimate of drug-likeness (QED) is 0.496. The van der Waals surface area contributed by atoms with Gasteiger partial charge in [0.05, 0.1) is 0 Å². The third-order valence-electron chi connectivity index (χ3n) is 11.4. The number of hydrazine groups is 1. The number of nitrogens with one attached hydrogen (secondary N) is 2. The molecule has 0 saturated heterocycles. The predicted molar refractivity (Wildman–Crippen MR) is 133 cm³/mol. The maximum atomic E-state index is 11.5. The number of carbonyl (C=O) groups is 1. The molecule has 0 aromatic heterocycles. The largest absolute Gasteiger partial charge is 0.508 e. The summed E-state index contributed by atoms with van der Waals surface area (Å²) in [6, 6.07) is 4.71. The van der Waals surface area contributed by atoms with Crippen molar-refractivity contribution in [1.29, 1.82) is 0 Å². The van der Waals surface area contributed by atoms with Gasteiger partial charge in [0.2, 0.25) is 5.91 Å². The molecule has 3 N–H and O–H groups in total. The van der Waals surface area contributed by atoms with E-state index in [0.717, 1.165) is 37.0 Å². The fourth-order valence-electron chi connectivity index (χ4n) is 10.4. The molecule has 0 radical (unpaired) electrons. The maximum absolute atomic E-state index is 11.5. The van der Waals surface area contributed by atoms with Crippen molar-refractivity contribution in [3.8, 4) is 5.75 Å². The first kappa shape index (κ1) is 21.3. The summed E-state index contributed by atoms with van der Waals surface area (Å²) >= 11 is 0. The van der Waals surface area contributed by atoms with Crippen molar-refractivity contribution in [2.75, 3.05) is 0 Å². The first-order valence-electron chi connectivity index (χ1n) is 13.9. The molecule has 182 valence electrons. The van der Waals surface area contributed by atoms with Crippen molar-refractivity contribution >= 4 is 5.91 Å². The fourth-order valence-corrected chi connectivity index (χ4v) is 10.4. The molecule has 5 saturated carbocycles. The Balaban J connectivity index is 1.20. The number of benzene rings is 1. The van der Waals surface area contributed by atoms with Crippen LogP contribution >= 0.6 is 0 Å². The summed E-state index contributed by atoms with van der Waals surface area (Å²) in [6.07, 6.45) is 16.4. The molecule has 0 spiro atoms. The number of fused-ring (bicyclic) bond motifs is 5. The molecule has 5 fully saturated rings. The average Bonchev–Trinajstić information content (AvgIpc) is 3.12. The first-order valence-corrected chi connectivity index (χ1v) is 13.9. The summed E-state index contributed by atoms with van der Waals surface area (Å²) in [6.45, 7) is 3.98. The van der Waals surface area contributed by atoms with E-state index in [2.05, 4.69) is 36.0 Å². The minimum atomic E-state index is -0.0368. The van der Waals surface area contributed by atoms with Crippen LogP contribution in [0.4, 0.5) is 0 Å². The zero-order valence-electron chi connectivity index (χ0n) is 20.8. The Kier molecular flexibility index (Phi) is 4.56. The number of phenolic OH excluding ortho intramolecular Hbond substituents is 1. The molecule has 8 rings (SSSR count). The van der Waals surface area contributed by atoms with E-state index in [1.165, 1.54) is 68.2 Å². The fraction of sp³-hybridized carbons (Fsp3) is 0.700. The van der Waals surface area contributed by atoms with Gasteiger partial charge in [0.1, 0.15) is 5.75 Å². The van der Waals surface area contributed by atoms with Crippen LogP contribution in [0.2, 0.25) is 0 Å². The second-order valence-electron chi connectivity index (χ2n) is 13.3. The summed E-state index contributed by atoms with van der Waals surface area (Å²) in [5.41, 5.74) is 12.0. The molecule has 3 unspecified atom stereocenters. The number of hydrogen-bond donors (Lipinski definition) is 3. The normalized spacial score (nSPS) is 43.5. The van der Waals surface area contributed by atoms with Crippen molar-refractivity contribution in [1.82, 2.24) is 10.9 Å². The summed E-state index contributed by atoms with van der Waals surface area (Å²) in [4.78, 5) is 11.5. The zero-order chi connectivity index (χ0) is 23.2. The van der Waals surface area contributed by atoms with Crippen LogP contribution in [-0.2, 0) is 16.6 Å². The van der Waals surface area contributed by atoms with Gasteiger partial charge in [-0.1, -0.05) is 19.1 Å². The van der Waals surface area contributed by atoms with E-state index < -0.39 is 0 Å². The SMILES string of the molecule is CC(=O)NNC1=CCC2C3CCc4cc(O)c(C56CC7CC(CC(C7)C5)C6)cc4C3CC[C@]12C. The monoisotopic (exact) mass is 460 g/mol. The number of phenols is 1. The van der Waals surface area contributed by atoms with E-state index >= 15 is 0 Å². The lowest BCUT2D eigenvalue weighted by atomic mass is 9.47. The van der Waals surface area contributed by atoms with Crippen LogP contribution in [0.3, 0.4) is 0 Å². The van der Waals surface area contributed by atoms with Gasteiger partial charge in [-0.25, -0.2) is 0 Å². The molecule has 4 atom stereocenters. The van der Waals surface area contributed by atoms with Crippen LogP contribution in [-0.4, -0.2) is 11.0 Å². The van der Waals surface area contributed by atoms with Crippen LogP contribution in [0.5, 0.6) is 5.75 Å². The van der Waals surface area contributed by atoms with Crippen LogP contribution < -0.4 is 10.9 Å². The van der Waals surface area contributed by atoms with E-state index in [1.54, 1.807) is 12.5 Å². The van der Waals surface area contributed by atoms with E-state index in [-0.39, 0.29) is 16.7 Å². The topological polar surface area (TPSA) is 61.4 Å². The second-order valence-corrected chi connectivity index (χ2v) is 13.3. The first-order chi connectivity index (χ1) is 16.3. The van der Waals surface area contributed by atoms with Gasteiger partial charge in [-0.3, -0.25) is 10.2 Å². The van der Waals surface area contributed by atoms with Crippen molar-refractivity contribution in [2.45, 2.75) is 95.8 Å². The van der Waals surface area contributed by atoms with Gasteiger partial charge in [-0.2, -0.15) is 0 Å². The molecule has 4 nitrogen and oxygen atoms in total. The number of aromatic hydroxyl groups is 1. The highest BCUT2D eigenvalue weighted by atomic mass is 16.3. The number of carbonyl (C=O) groups excluding carboxylic acids is 1. The molecule has 34 heavy (non-hydrogen) atoms. The highest BCUT2D eigenvalue weighted by Crippen LogP contribution is 2.64. The molecule has 7 aliphatic carbocycles. The van der Waals surface area contributed by atoms with Gasteiger partial charge in [-0.05, 0) is 129 Å². The number of hydrogen-bond acceptors (Lipinski definition) is 3. The third kappa shape index (κ3) is 2.99. The Morgan fingerprint density at radius 3 is 2.44 bits per heavy atom. The molecule has 0 aliphatic heterocycles. The maximum Gasteiger partial charge on any atom is 0.235 e. The second kappa shape index (κ2) is 7.27. The molecule has 1 aromatic carbocycles.